The molecular formula is C16H20O2. The summed E-state index contributed by atoms with van der Waals surface area (Å²) >= 11 is 0. The summed E-state index contributed by atoms with van der Waals surface area (Å²) in [5, 5.41) is 0. The second-order valence-corrected chi connectivity index (χ2v) is 5.23. The Kier molecular flexibility index (Phi) is 3.85. The van der Waals surface area contributed by atoms with Gasteiger partial charge in [-0.15, -0.1) is 0 Å². The molecule has 0 bridgehead atoms. The number of benzene rings is 1. The molecule has 0 N–H and O–H groups in total. The first kappa shape index (κ1) is 12.9. The summed E-state index contributed by atoms with van der Waals surface area (Å²) in [7, 11) is 0. The SMILES string of the molecule is CC(C)C1(CCc2ccccc2)CC=CC(=O)O1. The van der Waals surface area contributed by atoms with Crippen LogP contribution in [0.4, 0.5) is 0 Å². The van der Waals surface area contributed by atoms with Crippen LogP contribution < -0.4 is 0 Å². The zero-order chi connectivity index (χ0) is 13.0. The second-order valence-electron chi connectivity index (χ2n) is 5.23. The number of cyclic esters (lactones) is 1. The number of hydrogen-bond donors (Lipinski definition) is 0. The first-order valence-electron chi connectivity index (χ1n) is 6.56. The average Bonchev–Trinajstić information content (AvgIpc) is 2.37. The predicted octanol–water partition coefficient (Wildman–Crippen LogP) is 3.52. The van der Waals surface area contributed by atoms with Gasteiger partial charge in [0.05, 0.1) is 0 Å². The second kappa shape index (κ2) is 5.38. The van der Waals surface area contributed by atoms with Crippen molar-refractivity contribution < 1.29 is 9.53 Å². The normalized spacial score (nSPS) is 23.2. The highest BCUT2D eigenvalue weighted by molar-refractivity contribution is 5.83. The molecule has 1 aromatic carbocycles. The molecule has 0 spiro atoms. The van der Waals surface area contributed by atoms with Gasteiger partial charge in [-0.05, 0) is 24.3 Å². The molecule has 0 amide bonds. The lowest BCUT2D eigenvalue weighted by atomic mass is 9.80. The van der Waals surface area contributed by atoms with Crippen molar-refractivity contribution >= 4 is 5.97 Å². The van der Waals surface area contributed by atoms with Gasteiger partial charge in [0.1, 0.15) is 5.60 Å². The first-order chi connectivity index (χ1) is 8.62. The van der Waals surface area contributed by atoms with Crippen molar-refractivity contribution in [3.8, 4) is 0 Å². The van der Waals surface area contributed by atoms with Crippen molar-refractivity contribution in [2.75, 3.05) is 0 Å². The maximum Gasteiger partial charge on any atom is 0.330 e. The molecule has 1 aliphatic heterocycles. The third kappa shape index (κ3) is 2.81. The molecule has 1 heterocycles. The molecule has 2 nitrogen and oxygen atoms in total. The summed E-state index contributed by atoms with van der Waals surface area (Å²) in [5.41, 5.74) is 0.963. The van der Waals surface area contributed by atoms with Crippen LogP contribution in [0.5, 0.6) is 0 Å². The number of carbonyl (C=O) groups is 1. The van der Waals surface area contributed by atoms with E-state index in [9.17, 15) is 4.79 Å². The topological polar surface area (TPSA) is 26.3 Å². The van der Waals surface area contributed by atoms with Gasteiger partial charge < -0.3 is 4.74 Å². The van der Waals surface area contributed by atoms with Crippen molar-refractivity contribution in [2.45, 2.75) is 38.7 Å². The Balaban J connectivity index is 2.08. The van der Waals surface area contributed by atoms with Crippen molar-refractivity contribution in [1.29, 1.82) is 0 Å². The Hall–Kier alpha value is -1.57. The maximum absolute atomic E-state index is 11.5. The van der Waals surface area contributed by atoms with E-state index in [1.54, 1.807) is 0 Å². The van der Waals surface area contributed by atoms with Crippen molar-refractivity contribution in [1.82, 2.24) is 0 Å². The maximum atomic E-state index is 11.5. The van der Waals surface area contributed by atoms with Crippen molar-refractivity contribution in [3.05, 3.63) is 48.0 Å². The molecule has 0 radical (unpaired) electrons. The van der Waals surface area contributed by atoms with E-state index in [0.717, 1.165) is 19.3 Å². The minimum Gasteiger partial charge on any atom is -0.455 e. The molecule has 1 aromatic rings. The van der Waals surface area contributed by atoms with Crippen LogP contribution in [0.3, 0.4) is 0 Å². The van der Waals surface area contributed by atoms with Crippen LogP contribution in [0, 0.1) is 5.92 Å². The van der Waals surface area contributed by atoms with Crippen LogP contribution in [-0.4, -0.2) is 11.6 Å². The number of hydrogen-bond acceptors (Lipinski definition) is 2. The first-order valence-corrected chi connectivity index (χ1v) is 6.56. The van der Waals surface area contributed by atoms with E-state index < -0.39 is 0 Å². The number of aryl methyl sites for hydroxylation is 1. The fourth-order valence-electron chi connectivity index (χ4n) is 2.43. The van der Waals surface area contributed by atoms with Crippen molar-refractivity contribution in [2.24, 2.45) is 5.92 Å². The zero-order valence-electron chi connectivity index (χ0n) is 11.1. The van der Waals surface area contributed by atoms with E-state index in [1.807, 2.05) is 24.3 Å². The van der Waals surface area contributed by atoms with Crippen LogP contribution in [-0.2, 0) is 16.0 Å². The van der Waals surface area contributed by atoms with Gasteiger partial charge in [0.25, 0.3) is 0 Å². The van der Waals surface area contributed by atoms with Crippen LogP contribution in [0.2, 0.25) is 0 Å². The van der Waals surface area contributed by atoms with Crippen LogP contribution >= 0.6 is 0 Å². The molecule has 1 aliphatic rings. The van der Waals surface area contributed by atoms with Gasteiger partial charge in [-0.1, -0.05) is 50.3 Å². The Morgan fingerprint density at radius 3 is 2.61 bits per heavy atom. The van der Waals surface area contributed by atoms with E-state index in [-0.39, 0.29) is 11.6 Å². The number of esters is 1. The third-order valence-electron chi connectivity index (χ3n) is 3.75. The Morgan fingerprint density at radius 1 is 1.28 bits per heavy atom. The minimum absolute atomic E-state index is 0.206. The summed E-state index contributed by atoms with van der Waals surface area (Å²) in [6.07, 6.45) is 6.12. The predicted molar refractivity (Wildman–Crippen MR) is 72.2 cm³/mol. The molecule has 2 heteroatoms. The van der Waals surface area contributed by atoms with Gasteiger partial charge >= 0.3 is 5.97 Å². The van der Waals surface area contributed by atoms with E-state index in [4.69, 9.17) is 4.74 Å². The molecular weight excluding hydrogens is 224 g/mol. The van der Waals surface area contributed by atoms with Gasteiger partial charge in [0.2, 0.25) is 0 Å². The molecule has 18 heavy (non-hydrogen) atoms. The molecule has 0 saturated carbocycles. The molecule has 0 aromatic heterocycles. The highest BCUT2D eigenvalue weighted by atomic mass is 16.6. The molecule has 0 aliphatic carbocycles. The van der Waals surface area contributed by atoms with Gasteiger partial charge in [-0.3, -0.25) is 0 Å². The van der Waals surface area contributed by atoms with Gasteiger partial charge in [-0.2, -0.15) is 0 Å². The largest absolute Gasteiger partial charge is 0.455 e. The number of carbonyl (C=O) groups excluding carboxylic acids is 1. The number of rotatable bonds is 4. The summed E-state index contributed by atoms with van der Waals surface area (Å²) in [6.45, 7) is 4.24. The van der Waals surface area contributed by atoms with Crippen molar-refractivity contribution in [3.63, 3.8) is 0 Å². The summed E-state index contributed by atoms with van der Waals surface area (Å²) in [5.74, 6) is 0.123. The molecule has 0 fully saturated rings. The minimum atomic E-state index is -0.332. The van der Waals surface area contributed by atoms with E-state index in [1.165, 1.54) is 11.6 Å². The van der Waals surface area contributed by atoms with Crippen LogP contribution in [0.15, 0.2) is 42.5 Å². The summed E-state index contributed by atoms with van der Waals surface area (Å²) in [6, 6.07) is 10.3. The molecule has 1 atom stereocenters. The fourth-order valence-corrected chi connectivity index (χ4v) is 2.43. The van der Waals surface area contributed by atoms with Crippen LogP contribution in [0.25, 0.3) is 0 Å². The monoisotopic (exact) mass is 244 g/mol. The van der Waals surface area contributed by atoms with E-state index in [0.29, 0.717) is 5.92 Å². The lowest BCUT2D eigenvalue weighted by molar-refractivity contribution is -0.161. The van der Waals surface area contributed by atoms with E-state index in [2.05, 4.69) is 26.0 Å². The summed E-state index contributed by atoms with van der Waals surface area (Å²) in [4.78, 5) is 11.5. The van der Waals surface area contributed by atoms with Crippen LogP contribution in [0.1, 0.15) is 32.3 Å². The molecule has 96 valence electrons. The average molecular weight is 244 g/mol. The molecule has 2 rings (SSSR count). The Labute approximate surface area is 109 Å². The zero-order valence-corrected chi connectivity index (χ0v) is 11.1. The molecule has 1 unspecified atom stereocenters. The highest BCUT2D eigenvalue weighted by Gasteiger charge is 2.37. The highest BCUT2D eigenvalue weighted by Crippen LogP contribution is 2.34. The van der Waals surface area contributed by atoms with E-state index >= 15 is 0 Å². The summed E-state index contributed by atoms with van der Waals surface area (Å²) < 4.78 is 5.63. The lowest BCUT2D eigenvalue weighted by Gasteiger charge is -2.38. The fraction of sp³-hybridized carbons (Fsp3) is 0.438. The smallest absolute Gasteiger partial charge is 0.330 e. The van der Waals surface area contributed by atoms with Gasteiger partial charge in [0.15, 0.2) is 0 Å². The quantitative estimate of drug-likeness (QED) is 0.757. The third-order valence-corrected chi connectivity index (χ3v) is 3.75. The van der Waals surface area contributed by atoms with Gasteiger partial charge in [0, 0.05) is 12.5 Å². The Morgan fingerprint density at radius 2 is 2.00 bits per heavy atom. The van der Waals surface area contributed by atoms with Gasteiger partial charge in [-0.25, -0.2) is 4.79 Å². The molecule has 0 saturated heterocycles. The Bertz CT molecular complexity index is 434. The standard InChI is InChI=1S/C16H20O2/c1-13(2)16(11-6-9-15(17)18-16)12-10-14-7-4-3-5-8-14/h3-9,13H,10-12H2,1-2H3. The number of ether oxygens (including phenoxy) is 1. The lowest BCUT2D eigenvalue weighted by Crippen LogP contribution is -2.42.